The molecule has 11 heteroatoms. The van der Waals surface area contributed by atoms with E-state index in [2.05, 4.69) is 9.71 Å². The highest BCUT2D eigenvalue weighted by atomic mass is 35.5. The Morgan fingerprint density at radius 3 is 2.48 bits per heavy atom. The predicted molar refractivity (Wildman–Crippen MR) is 133 cm³/mol. The summed E-state index contributed by atoms with van der Waals surface area (Å²) in [5, 5.41) is 1.35. The number of carbonyl (C=O) groups excluding carboxylic acids is 1. The van der Waals surface area contributed by atoms with Gasteiger partial charge < -0.3 is 21.1 Å². The first-order valence-corrected chi connectivity index (χ1v) is 12.7. The highest BCUT2D eigenvalue weighted by Gasteiger charge is 2.28. The van der Waals surface area contributed by atoms with Gasteiger partial charge in [-0.15, -0.1) is 11.6 Å². The fourth-order valence-electron chi connectivity index (χ4n) is 3.34. The van der Waals surface area contributed by atoms with Crippen LogP contribution in [0.3, 0.4) is 0 Å². The Balaban J connectivity index is 2.30. The molecule has 0 radical (unpaired) electrons. The van der Waals surface area contributed by atoms with Gasteiger partial charge in [0.15, 0.2) is 5.96 Å². The van der Waals surface area contributed by atoms with Crippen LogP contribution in [0.15, 0.2) is 46.3 Å². The lowest BCUT2D eigenvalue weighted by molar-refractivity contribution is -0.146. The Labute approximate surface area is 200 Å². The van der Waals surface area contributed by atoms with E-state index in [4.69, 9.17) is 27.8 Å². The number of hydrogen-bond acceptors (Lipinski definition) is 6. The molecule has 0 saturated heterocycles. The third-order valence-electron chi connectivity index (χ3n) is 4.93. The summed E-state index contributed by atoms with van der Waals surface area (Å²) < 4.78 is 34.5. The molecule has 0 aliphatic heterocycles. The molecule has 0 fully saturated rings. The topological polar surface area (TPSA) is 140 Å². The van der Waals surface area contributed by atoms with Crippen LogP contribution < -0.4 is 21.1 Å². The van der Waals surface area contributed by atoms with Gasteiger partial charge in [0.2, 0.25) is 10.0 Å². The number of rotatable bonds is 13. The van der Waals surface area contributed by atoms with E-state index in [1.165, 1.54) is 6.07 Å². The summed E-state index contributed by atoms with van der Waals surface area (Å²) in [6.07, 6.45) is 1.86. The van der Waals surface area contributed by atoms with Gasteiger partial charge in [0.1, 0.15) is 6.04 Å². The summed E-state index contributed by atoms with van der Waals surface area (Å²) in [6.45, 7) is 0.429. The van der Waals surface area contributed by atoms with Gasteiger partial charge in [0.05, 0.1) is 11.5 Å². The summed E-state index contributed by atoms with van der Waals surface area (Å²) >= 11 is 5.65. The molecule has 0 aromatic heterocycles. The zero-order valence-corrected chi connectivity index (χ0v) is 20.5. The van der Waals surface area contributed by atoms with E-state index in [9.17, 15) is 13.2 Å². The number of anilines is 1. The van der Waals surface area contributed by atoms with Gasteiger partial charge >= 0.3 is 5.97 Å². The van der Waals surface area contributed by atoms with Gasteiger partial charge in [-0.2, -0.15) is 4.72 Å². The number of sulfonamides is 1. The molecule has 0 amide bonds. The molecule has 1 atom stereocenters. The summed E-state index contributed by atoms with van der Waals surface area (Å²) in [4.78, 5) is 18.6. The van der Waals surface area contributed by atoms with E-state index in [0.717, 1.165) is 11.1 Å². The van der Waals surface area contributed by atoms with Crippen LogP contribution in [0.4, 0.5) is 5.69 Å². The molecule has 33 heavy (non-hydrogen) atoms. The quantitative estimate of drug-likeness (QED) is 0.127. The first kappa shape index (κ1) is 26.7. The second kappa shape index (κ2) is 12.6. The van der Waals surface area contributed by atoms with Crippen LogP contribution in [-0.4, -0.2) is 59.5 Å². The molecule has 0 saturated carbocycles. The average molecular weight is 498 g/mol. The molecule has 182 valence electrons. The van der Waals surface area contributed by atoms with E-state index in [1.807, 2.05) is 31.1 Å². The number of benzene rings is 2. The average Bonchev–Trinajstić information content (AvgIpc) is 2.77. The molecule has 0 bridgehead atoms. The van der Waals surface area contributed by atoms with Gasteiger partial charge in [-0.05, 0) is 37.8 Å². The molecule has 5 N–H and O–H groups in total. The minimum absolute atomic E-state index is 0.0665. The number of hydrogen-bond donors (Lipinski definition) is 3. The van der Waals surface area contributed by atoms with Crippen LogP contribution in [0.5, 0.6) is 0 Å². The van der Waals surface area contributed by atoms with Crippen molar-refractivity contribution < 1.29 is 17.9 Å². The molecule has 2 rings (SSSR count). The van der Waals surface area contributed by atoms with Crippen molar-refractivity contribution in [2.45, 2.75) is 36.6 Å². The Kier molecular flexibility index (Phi) is 10.2. The minimum Gasteiger partial charge on any atom is -0.465 e. The molecule has 1 unspecified atom stereocenters. The van der Waals surface area contributed by atoms with Crippen LogP contribution in [0.2, 0.25) is 0 Å². The maximum Gasteiger partial charge on any atom is 0.324 e. The van der Waals surface area contributed by atoms with Crippen molar-refractivity contribution in [1.82, 2.24) is 4.72 Å². The number of esters is 1. The zero-order chi connectivity index (χ0) is 24.4. The van der Waals surface area contributed by atoms with E-state index in [0.29, 0.717) is 30.5 Å². The number of unbranched alkanes of at least 4 members (excludes halogenated alkanes) is 1. The van der Waals surface area contributed by atoms with Gasteiger partial charge in [0.25, 0.3) is 0 Å². The van der Waals surface area contributed by atoms with Crippen molar-refractivity contribution in [2.75, 3.05) is 38.0 Å². The molecule has 2 aromatic carbocycles. The maximum atomic E-state index is 13.3. The number of carbonyl (C=O) groups is 1. The number of aliphatic imine (C=N–C) groups is 1. The lowest BCUT2D eigenvalue weighted by Gasteiger charge is -2.20. The molecule has 0 aliphatic carbocycles. The van der Waals surface area contributed by atoms with Gasteiger partial charge in [-0.1, -0.05) is 24.3 Å². The minimum atomic E-state index is -4.04. The van der Waals surface area contributed by atoms with Crippen molar-refractivity contribution in [3.63, 3.8) is 0 Å². The smallest absolute Gasteiger partial charge is 0.324 e. The summed E-state index contributed by atoms with van der Waals surface area (Å²) in [6, 6.07) is 9.45. The number of nitrogens with two attached hydrogens (primary N) is 2. The molecule has 2 aromatic rings. The number of ether oxygens (including phenoxy) is 1. The third-order valence-corrected chi connectivity index (χ3v) is 6.73. The van der Waals surface area contributed by atoms with Gasteiger partial charge in [0, 0.05) is 43.0 Å². The Bertz CT molecular complexity index is 1070. The first-order valence-electron chi connectivity index (χ1n) is 10.7. The third kappa shape index (κ3) is 7.76. The fraction of sp³-hybridized carbons (Fsp3) is 0.455. The summed E-state index contributed by atoms with van der Waals surface area (Å²) in [5.74, 6) is -0.252. The standard InChI is InChI=1S/C22H32ClN5O4S/c1-28(2)19-11-5-9-17-16(19)8-6-12-20(17)33(30,31)27-18(10-7-14-26-22(24)25)21(29)32-15-4-3-13-23/h5-6,8-9,11-12,18,27H,3-4,7,10,13-15H2,1-2H3,(H4,24,25,26). The molecule has 9 nitrogen and oxygen atoms in total. The summed E-state index contributed by atoms with van der Waals surface area (Å²) in [7, 11) is -0.258. The highest BCUT2D eigenvalue weighted by Crippen LogP contribution is 2.30. The molecule has 0 aliphatic rings. The number of guanidine groups is 1. The van der Waals surface area contributed by atoms with Crippen molar-refractivity contribution in [3.05, 3.63) is 36.4 Å². The van der Waals surface area contributed by atoms with Crippen molar-refractivity contribution in [1.29, 1.82) is 0 Å². The van der Waals surface area contributed by atoms with E-state index in [-0.39, 0.29) is 30.4 Å². The second-order valence-corrected chi connectivity index (χ2v) is 9.77. The monoisotopic (exact) mass is 497 g/mol. The van der Waals surface area contributed by atoms with Gasteiger partial charge in [-0.25, -0.2) is 8.42 Å². The molecule has 0 heterocycles. The largest absolute Gasteiger partial charge is 0.465 e. The molecular formula is C22H32ClN5O4S. The lowest BCUT2D eigenvalue weighted by atomic mass is 10.1. The van der Waals surface area contributed by atoms with Crippen LogP contribution in [0.25, 0.3) is 10.8 Å². The predicted octanol–water partition coefficient (Wildman–Crippen LogP) is 2.17. The Morgan fingerprint density at radius 1 is 1.12 bits per heavy atom. The van der Waals surface area contributed by atoms with Crippen LogP contribution >= 0.6 is 11.6 Å². The SMILES string of the molecule is CN(C)c1cccc2c(S(=O)(=O)NC(CCCN=C(N)N)C(=O)OCCCCCl)cccc12. The van der Waals surface area contributed by atoms with Crippen molar-refractivity contribution >= 4 is 50.0 Å². The molecule has 0 spiro atoms. The van der Waals surface area contributed by atoms with Crippen molar-refractivity contribution in [2.24, 2.45) is 16.5 Å². The highest BCUT2D eigenvalue weighted by molar-refractivity contribution is 7.89. The number of halogens is 1. The van der Waals surface area contributed by atoms with Crippen molar-refractivity contribution in [3.8, 4) is 0 Å². The molecular weight excluding hydrogens is 466 g/mol. The first-order chi connectivity index (χ1) is 15.7. The lowest BCUT2D eigenvalue weighted by Crippen LogP contribution is -2.42. The van der Waals surface area contributed by atoms with Crippen LogP contribution in [0.1, 0.15) is 25.7 Å². The van der Waals surface area contributed by atoms with Crippen LogP contribution in [0, 0.1) is 0 Å². The number of alkyl halides is 1. The van der Waals surface area contributed by atoms with E-state index in [1.54, 1.807) is 18.2 Å². The van der Waals surface area contributed by atoms with E-state index >= 15 is 0 Å². The van der Waals surface area contributed by atoms with E-state index < -0.39 is 22.0 Å². The summed E-state index contributed by atoms with van der Waals surface area (Å²) in [5.41, 5.74) is 11.6. The Hall–Kier alpha value is -2.56. The van der Waals surface area contributed by atoms with Gasteiger partial charge in [-0.3, -0.25) is 9.79 Å². The number of nitrogens with one attached hydrogen (secondary N) is 1. The Morgan fingerprint density at radius 2 is 1.82 bits per heavy atom. The second-order valence-electron chi connectivity index (χ2n) is 7.71. The van der Waals surface area contributed by atoms with Crippen LogP contribution in [-0.2, 0) is 19.6 Å². The number of fused-ring (bicyclic) bond motifs is 1. The normalized spacial score (nSPS) is 12.3. The zero-order valence-electron chi connectivity index (χ0n) is 19.0. The fourth-order valence-corrected chi connectivity index (χ4v) is 4.97. The number of nitrogens with zero attached hydrogens (tertiary/aromatic N) is 2. The maximum absolute atomic E-state index is 13.3.